The Labute approximate surface area is 95.1 Å². The number of hydrogen-bond donors (Lipinski definition) is 4. The Kier molecular flexibility index (Phi) is 3.98. The van der Waals surface area contributed by atoms with E-state index in [0.29, 0.717) is 5.69 Å². The van der Waals surface area contributed by atoms with Gasteiger partial charge in [0.2, 0.25) is 0 Å². The van der Waals surface area contributed by atoms with Crippen molar-refractivity contribution >= 4 is 23.5 Å². The first-order chi connectivity index (χ1) is 7.99. The van der Waals surface area contributed by atoms with Crippen molar-refractivity contribution in [3.05, 3.63) is 30.1 Å². The second-order valence-corrected chi connectivity index (χ2v) is 2.90. The average Bonchev–Trinajstić information content (AvgIpc) is 2.29. The molecule has 1 aromatic rings. The normalized spacial score (nSPS) is 9.24. The molecule has 8 heteroatoms. The van der Waals surface area contributed by atoms with Crippen molar-refractivity contribution in [1.29, 1.82) is 0 Å². The lowest BCUT2D eigenvalue weighted by Gasteiger charge is -2.07. The van der Waals surface area contributed by atoms with Gasteiger partial charge in [-0.05, 0) is 24.3 Å². The van der Waals surface area contributed by atoms with Gasteiger partial charge >= 0.3 is 17.8 Å². The summed E-state index contributed by atoms with van der Waals surface area (Å²) in [6, 6.07) is 4.15. The standard InChI is InChI=1S/C9H9FN4O3/c10-5-1-3-6(4-2-5)12-9(17)14-13-8(16)7(11)15/h1-4H,(H2,11,15)(H,13,16)(H2,12,14,17). The molecule has 5 N–H and O–H groups in total. The third kappa shape index (κ3) is 4.16. The number of hydrazine groups is 1. The Morgan fingerprint density at radius 1 is 1.06 bits per heavy atom. The average molecular weight is 240 g/mol. The Morgan fingerprint density at radius 2 is 1.65 bits per heavy atom. The summed E-state index contributed by atoms with van der Waals surface area (Å²) in [5, 5.41) is 2.28. The Balaban J connectivity index is 2.42. The second kappa shape index (κ2) is 5.45. The van der Waals surface area contributed by atoms with Crippen LogP contribution in [0.15, 0.2) is 24.3 Å². The topological polar surface area (TPSA) is 113 Å². The minimum Gasteiger partial charge on any atom is -0.361 e. The monoisotopic (exact) mass is 240 g/mol. The van der Waals surface area contributed by atoms with Crippen molar-refractivity contribution in [3.8, 4) is 0 Å². The van der Waals surface area contributed by atoms with Crippen LogP contribution in [0.5, 0.6) is 0 Å². The summed E-state index contributed by atoms with van der Waals surface area (Å²) in [6.07, 6.45) is 0. The van der Waals surface area contributed by atoms with E-state index in [1.807, 2.05) is 5.43 Å². The van der Waals surface area contributed by atoms with Crippen LogP contribution < -0.4 is 21.9 Å². The van der Waals surface area contributed by atoms with Crippen LogP contribution in [-0.2, 0) is 9.59 Å². The van der Waals surface area contributed by atoms with E-state index in [1.54, 1.807) is 5.43 Å². The number of primary amides is 1. The van der Waals surface area contributed by atoms with Crippen LogP contribution in [-0.4, -0.2) is 17.8 Å². The molecular formula is C9H9FN4O3. The lowest BCUT2D eigenvalue weighted by atomic mass is 10.3. The zero-order chi connectivity index (χ0) is 12.8. The number of anilines is 1. The predicted molar refractivity (Wildman–Crippen MR) is 55.9 cm³/mol. The van der Waals surface area contributed by atoms with Crippen molar-refractivity contribution < 1.29 is 18.8 Å². The van der Waals surface area contributed by atoms with E-state index in [9.17, 15) is 18.8 Å². The molecule has 90 valence electrons. The van der Waals surface area contributed by atoms with Crippen LogP contribution >= 0.6 is 0 Å². The van der Waals surface area contributed by atoms with Gasteiger partial charge in [0.25, 0.3) is 0 Å². The van der Waals surface area contributed by atoms with Crippen LogP contribution in [0.25, 0.3) is 0 Å². The Bertz CT molecular complexity index is 446. The van der Waals surface area contributed by atoms with E-state index in [-0.39, 0.29) is 0 Å². The summed E-state index contributed by atoms with van der Waals surface area (Å²) in [5.74, 6) is -2.83. The molecule has 0 aromatic heterocycles. The van der Waals surface area contributed by atoms with E-state index < -0.39 is 23.7 Å². The second-order valence-electron chi connectivity index (χ2n) is 2.90. The highest BCUT2D eigenvalue weighted by Crippen LogP contribution is 2.07. The van der Waals surface area contributed by atoms with Gasteiger partial charge < -0.3 is 11.1 Å². The molecule has 0 unspecified atom stereocenters. The van der Waals surface area contributed by atoms with Gasteiger partial charge in [-0.15, -0.1) is 0 Å². The number of hydrogen-bond acceptors (Lipinski definition) is 3. The van der Waals surface area contributed by atoms with E-state index in [1.165, 1.54) is 12.1 Å². The fraction of sp³-hybridized carbons (Fsp3) is 0. The van der Waals surface area contributed by atoms with Gasteiger partial charge in [0.1, 0.15) is 5.82 Å². The first kappa shape index (κ1) is 12.4. The van der Waals surface area contributed by atoms with Crippen molar-refractivity contribution in [3.63, 3.8) is 0 Å². The lowest BCUT2D eigenvalue weighted by molar-refractivity contribution is -0.137. The molecule has 0 aliphatic heterocycles. The van der Waals surface area contributed by atoms with Gasteiger partial charge in [0.15, 0.2) is 0 Å². The molecular weight excluding hydrogens is 231 g/mol. The van der Waals surface area contributed by atoms with Crippen LogP contribution in [0, 0.1) is 5.82 Å². The molecule has 0 heterocycles. The molecule has 0 saturated carbocycles. The SMILES string of the molecule is NC(=O)C(=O)NNC(=O)Nc1ccc(F)cc1. The molecule has 0 atom stereocenters. The molecule has 1 rings (SSSR count). The quantitative estimate of drug-likeness (QED) is 0.390. The number of urea groups is 1. The maximum Gasteiger partial charge on any atom is 0.337 e. The molecule has 0 radical (unpaired) electrons. The molecule has 0 spiro atoms. The van der Waals surface area contributed by atoms with Crippen LogP contribution in [0.1, 0.15) is 0 Å². The molecule has 0 saturated heterocycles. The zero-order valence-corrected chi connectivity index (χ0v) is 8.49. The first-order valence-corrected chi connectivity index (χ1v) is 4.41. The largest absolute Gasteiger partial charge is 0.361 e. The number of benzene rings is 1. The Morgan fingerprint density at radius 3 is 2.18 bits per heavy atom. The zero-order valence-electron chi connectivity index (χ0n) is 8.49. The minimum atomic E-state index is -1.23. The summed E-state index contributed by atoms with van der Waals surface area (Å²) in [4.78, 5) is 32.1. The molecule has 17 heavy (non-hydrogen) atoms. The maximum atomic E-state index is 12.5. The summed E-state index contributed by atoms with van der Waals surface area (Å²) >= 11 is 0. The summed E-state index contributed by atoms with van der Waals surface area (Å²) in [7, 11) is 0. The fourth-order valence-corrected chi connectivity index (χ4v) is 0.871. The van der Waals surface area contributed by atoms with Gasteiger partial charge in [-0.25, -0.2) is 14.6 Å². The Hall–Kier alpha value is -2.64. The van der Waals surface area contributed by atoms with Gasteiger partial charge in [-0.2, -0.15) is 0 Å². The fourth-order valence-electron chi connectivity index (χ4n) is 0.871. The minimum absolute atomic E-state index is 0.317. The summed E-state index contributed by atoms with van der Waals surface area (Å²) in [6.45, 7) is 0. The smallest absolute Gasteiger partial charge is 0.337 e. The first-order valence-electron chi connectivity index (χ1n) is 4.41. The highest BCUT2D eigenvalue weighted by Gasteiger charge is 2.09. The van der Waals surface area contributed by atoms with Gasteiger partial charge in [-0.3, -0.25) is 15.0 Å². The lowest BCUT2D eigenvalue weighted by Crippen LogP contribution is -2.48. The van der Waals surface area contributed by atoms with E-state index >= 15 is 0 Å². The maximum absolute atomic E-state index is 12.5. The molecule has 1 aromatic carbocycles. The third-order valence-electron chi connectivity index (χ3n) is 1.62. The van der Waals surface area contributed by atoms with Gasteiger partial charge in [0.05, 0.1) is 0 Å². The van der Waals surface area contributed by atoms with Gasteiger partial charge in [-0.1, -0.05) is 0 Å². The number of rotatable bonds is 1. The van der Waals surface area contributed by atoms with E-state index in [2.05, 4.69) is 11.1 Å². The van der Waals surface area contributed by atoms with Gasteiger partial charge in [0, 0.05) is 5.69 Å². The molecule has 0 fully saturated rings. The van der Waals surface area contributed by atoms with Crippen molar-refractivity contribution in [2.75, 3.05) is 5.32 Å². The molecule has 7 nitrogen and oxygen atoms in total. The number of carbonyl (C=O) groups excluding carboxylic acids is 3. The summed E-state index contributed by atoms with van der Waals surface area (Å²) < 4.78 is 12.5. The van der Waals surface area contributed by atoms with Crippen LogP contribution in [0.3, 0.4) is 0 Å². The number of amides is 4. The van der Waals surface area contributed by atoms with E-state index in [4.69, 9.17) is 0 Å². The van der Waals surface area contributed by atoms with E-state index in [0.717, 1.165) is 12.1 Å². The number of nitrogens with one attached hydrogen (secondary N) is 3. The molecule has 0 aliphatic carbocycles. The highest BCUT2D eigenvalue weighted by molar-refractivity contribution is 6.34. The summed E-state index contributed by atoms with van der Waals surface area (Å²) in [5.41, 5.74) is 8.59. The molecule has 4 amide bonds. The third-order valence-corrected chi connectivity index (χ3v) is 1.62. The number of halogens is 1. The van der Waals surface area contributed by atoms with Crippen molar-refractivity contribution in [1.82, 2.24) is 10.9 Å². The highest BCUT2D eigenvalue weighted by atomic mass is 19.1. The van der Waals surface area contributed by atoms with Crippen LogP contribution in [0.2, 0.25) is 0 Å². The van der Waals surface area contributed by atoms with Crippen molar-refractivity contribution in [2.24, 2.45) is 5.73 Å². The number of nitrogens with two attached hydrogens (primary N) is 1. The number of carbonyl (C=O) groups is 3. The molecule has 0 bridgehead atoms. The predicted octanol–water partition coefficient (Wildman–Crippen LogP) is -0.536. The van der Waals surface area contributed by atoms with Crippen molar-refractivity contribution in [2.45, 2.75) is 0 Å². The molecule has 0 aliphatic rings. The van der Waals surface area contributed by atoms with Crippen LogP contribution in [0.4, 0.5) is 14.9 Å².